The average molecular weight is 333 g/mol. The molecule has 0 fully saturated rings. The molecule has 112 valence electrons. The molecule has 0 unspecified atom stereocenters. The van der Waals surface area contributed by atoms with Gasteiger partial charge in [0.2, 0.25) is 0 Å². The molecule has 1 aromatic rings. The number of hydrazone groups is 1. The van der Waals surface area contributed by atoms with E-state index in [9.17, 15) is 20.2 Å². The van der Waals surface area contributed by atoms with Crippen molar-refractivity contribution in [2.45, 2.75) is 13.3 Å². The third-order valence-corrected chi connectivity index (χ3v) is 3.06. The number of hydrogen-bond acceptors (Lipinski definition) is 6. The number of nitro benzene ring substituents is 2. The fourth-order valence-corrected chi connectivity index (χ4v) is 1.67. The number of benzene rings is 1. The van der Waals surface area contributed by atoms with E-state index in [1.54, 1.807) is 6.92 Å². The Bertz CT molecular complexity index is 631. The van der Waals surface area contributed by atoms with E-state index in [0.29, 0.717) is 12.1 Å². The lowest BCUT2D eigenvalue weighted by atomic mass is 10.2. The largest absolute Gasteiger partial charge is 0.301 e. The van der Waals surface area contributed by atoms with Crippen LogP contribution in [0.25, 0.3) is 0 Å². The summed E-state index contributed by atoms with van der Waals surface area (Å²) in [4.78, 5) is 20.1. The van der Waals surface area contributed by atoms with E-state index in [1.165, 1.54) is 6.07 Å². The van der Waals surface area contributed by atoms with Crippen molar-refractivity contribution in [3.63, 3.8) is 0 Å². The van der Waals surface area contributed by atoms with Crippen molar-refractivity contribution in [1.82, 2.24) is 0 Å². The van der Waals surface area contributed by atoms with Crippen LogP contribution in [0.1, 0.15) is 13.3 Å². The number of nitrogens with one attached hydrogen (secondary N) is 1. The maximum Gasteiger partial charge on any atom is 0.301 e. The van der Waals surface area contributed by atoms with Crippen molar-refractivity contribution in [1.29, 1.82) is 0 Å². The Kier molecular flexibility index (Phi) is 6.07. The van der Waals surface area contributed by atoms with Crippen LogP contribution in [0.4, 0.5) is 17.1 Å². The summed E-state index contributed by atoms with van der Waals surface area (Å²) in [6.45, 7) is 1.77. The fraction of sp³-hybridized carbons (Fsp3) is 0.182. The van der Waals surface area contributed by atoms with Crippen molar-refractivity contribution < 1.29 is 9.85 Å². The lowest BCUT2D eigenvalue weighted by molar-refractivity contribution is -0.393. The lowest BCUT2D eigenvalue weighted by Crippen LogP contribution is -2.03. The second kappa shape index (κ2) is 7.55. The fourth-order valence-electron chi connectivity index (χ4n) is 1.37. The Balaban J connectivity index is 3.16. The molecule has 0 atom stereocenters. The van der Waals surface area contributed by atoms with Crippen LogP contribution in [-0.2, 0) is 0 Å². The summed E-state index contributed by atoms with van der Waals surface area (Å²) in [6, 6.07) is 3.18. The quantitative estimate of drug-likeness (QED) is 0.480. The number of nitro groups is 2. The number of anilines is 1. The van der Waals surface area contributed by atoms with Crippen LogP contribution in [0.5, 0.6) is 0 Å². The summed E-state index contributed by atoms with van der Waals surface area (Å²) in [5.41, 5.74) is 3.14. The topological polar surface area (TPSA) is 111 Å². The first-order chi connectivity index (χ1) is 9.90. The van der Waals surface area contributed by atoms with Gasteiger partial charge in [0.1, 0.15) is 5.69 Å². The van der Waals surface area contributed by atoms with E-state index >= 15 is 0 Å². The second-order valence-electron chi connectivity index (χ2n) is 3.70. The highest BCUT2D eigenvalue weighted by atomic mass is 35.5. The summed E-state index contributed by atoms with van der Waals surface area (Å²) in [5, 5.41) is 25.7. The molecule has 0 saturated heterocycles. The van der Waals surface area contributed by atoms with E-state index in [4.69, 9.17) is 23.2 Å². The highest BCUT2D eigenvalue weighted by Crippen LogP contribution is 2.29. The molecule has 0 aliphatic rings. The third-order valence-electron chi connectivity index (χ3n) is 2.41. The van der Waals surface area contributed by atoms with Crippen molar-refractivity contribution in [3.8, 4) is 0 Å². The van der Waals surface area contributed by atoms with Gasteiger partial charge in [-0.3, -0.25) is 25.7 Å². The molecular formula is C11H10Cl2N4O4. The minimum absolute atomic E-state index is 0.00980. The van der Waals surface area contributed by atoms with Crippen molar-refractivity contribution in [2.75, 3.05) is 5.43 Å². The highest BCUT2D eigenvalue weighted by molar-refractivity contribution is 6.47. The van der Waals surface area contributed by atoms with Crippen LogP contribution in [-0.4, -0.2) is 15.6 Å². The predicted octanol–water partition coefficient (Wildman–Crippen LogP) is 4.00. The van der Waals surface area contributed by atoms with Gasteiger partial charge in [0.15, 0.2) is 0 Å². The van der Waals surface area contributed by atoms with Gasteiger partial charge in [-0.2, -0.15) is 5.10 Å². The maximum atomic E-state index is 10.9. The number of non-ortho nitro benzene ring substituents is 1. The second-order valence-corrected chi connectivity index (χ2v) is 4.32. The Hall–Kier alpha value is -2.19. The zero-order valence-electron chi connectivity index (χ0n) is 10.7. The molecular weight excluding hydrogens is 323 g/mol. The first-order valence-corrected chi connectivity index (χ1v) is 6.43. The molecule has 0 radical (unpaired) electrons. The molecule has 10 heteroatoms. The number of hydrogen-bond donors (Lipinski definition) is 1. The Morgan fingerprint density at radius 3 is 2.52 bits per heavy atom. The zero-order chi connectivity index (χ0) is 16.0. The van der Waals surface area contributed by atoms with Gasteiger partial charge >= 0.3 is 5.69 Å². The van der Waals surface area contributed by atoms with Gasteiger partial charge in [0, 0.05) is 11.6 Å². The van der Waals surface area contributed by atoms with Gasteiger partial charge in [-0.25, -0.2) is 0 Å². The molecule has 0 spiro atoms. The first kappa shape index (κ1) is 16.9. The van der Waals surface area contributed by atoms with E-state index in [2.05, 4.69) is 10.5 Å². The molecule has 0 amide bonds. The molecule has 1 aromatic carbocycles. The number of nitrogens with zero attached hydrogens (tertiary/aromatic N) is 3. The van der Waals surface area contributed by atoms with Crippen LogP contribution in [0.15, 0.2) is 33.9 Å². The molecule has 8 nitrogen and oxygen atoms in total. The van der Waals surface area contributed by atoms with Crippen LogP contribution < -0.4 is 5.43 Å². The SMILES string of the molecule is CCC(=NNc1ccc([N+](=O)[O-])cc1[N+](=O)[O-])/C(Cl)=C/Cl. The number of allylic oxidation sites excluding steroid dienone is 1. The van der Waals surface area contributed by atoms with Gasteiger partial charge in [-0.1, -0.05) is 30.1 Å². The van der Waals surface area contributed by atoms with Gasteiger partial charge < -0.3 is 0 Å². The maximum absolute atomic E-state index is 10.9. The molecule has 0 aromatic heterocycles. The predicted molar refractivity (Wildman–Crippen MR) is 80.9 cm³/mol. The van der Waals surface area contributed by atoms with E-state index < -0.39 is 15.5 Å². The van der Waals surface area contributed by atoms with E-state index in [0.717, 1.165) is 17.7 Å². The van der Waals surface area contributed by atoms with Gasteiger partial charge in [-0.05, 0) is 12.5 Å². The summed E-state index contributed by atoms with van der Waals surface area (Å²) < 4.78 is 0. The molecule has 0 saturated carbocycles. The van der Waals surface area contributed by atoms with Crippen molar-refractivity contribution in [2.24, 2.45) is 5.10 Å². The smallest absolute Gasteiger partial charge is 0.271 e. The molecule has 0 heterocycles. The Morgan fingerprint density at radius 2 is 2.05 bits per heavy atom. The summed E-state index contributed by atoms with van der Waals surface area (Å²) in [6.07, 6.45) is 0.440. The minimum atomic E-state index is -0.741. The van der Waals surface area contributed by atoms with Crippen LogP contribution >= 0.6 is 23.2 Å². The normalized spacial score (nSPS) is 12.1. The van der Waals surface area contributed by atoms with Gasteiger partial charge in [0.05, 0.1) is 26.7 Å². The number of halogens is 2. The standard InChI is InChI=1S/C11H10Cl2N4O4/c1-2-9(8(13)6-12)14-15-10-4-3-7(16(18)19)5-11(10)17(20)21/h3-6,15H,2H2,1H3/b8-6-,14-9?. The van der Waals surface area contributed by atoms with Crippen LogP contribution in [0.2, 0.25) is 0 Å². The third kappa shape index (κ3) is 4.40. The molecule has 0 aliphatic carbocycles. The molecule has 1 rings (SSSR count). The first-order valence-electron chi connectivity index (χ1n) is 5.62. The zero-order valence-corrected chi connectivity index (χ0v) is 12.3. The molecule has 1 N–H and O–H groups in total. The van der Waals surface area contributed by atoms with Gasteiger partial charge in [0.25, 0.3) is 5.69 Å². The van der Waals surface area contributed by atoms with Crippen LogP contribution in [0.3, 0.4) is 0 Å². The average Bonchev–Trinajstić information content (AvgIpc) is 2.47. The Labute approximate surface area is 129 Å². The number of rotatable bonds is 6. The summed E-state index contributed by atoms with van der Waals surface area (Å²) >= 11 is 11.3. The molecule has 0 bridgehead atoms. The van der Waals surface area contributed by atoms with Crippen molar-refractivity contribution >= 4 is 46.0 Å². The van der Waals surface area contributed by atoms with E-state index in [1.807, 2.05) is 0 Å². The molecule has 21 heavy (non-hydrogen) atoms. The van der Waals surface area contributed by atoms with Crippen LogP contribution in [0, 0.1) is 20.2 Å². The minimum Gasteiger partial charge on any atom is -0.271 e. The molecule has 0 aliphatic heterocycles. The van der Waals surface area contributed by atoms with Crippen molar-refractivity contribution in [3.05, 3.63) is 49.0 Å². The Morgan fingerprint density at radius 1 is 1.38 bits per heavy atom. The monoisotopic (exact) mass is 332 g/mol. The summed E-state index contributed by atoms with van der Waals surface area (Å²) in [7, 11) is 0. The lowest BCUT2D eigenvalue weighted by Gasteiger charge is -2.05. The van der Waals surface area contributed by atoms with Gasteiger partial charge in [-0.15, -0.1) is 0 Å². The summed E-state index contributed by atoms with van der Waals surface area (Å²) in [5.74, 6) is 0. The van der Waals surface area contributed by atoms with E-state index in [-0.39, 0.29) is 16.4 Å². The highest BCUT2D eigenvalue weighted by Gasteiger charge is 2.19.